The van der Waals surface area contributed by atoms with Crippen LogP contribution in [0.1, 0.15) is 36.1 Å². The van der Waals surface area contributed by atoms with Gasteiger partial charge < -0.3 is 11.1 Å². The number of anilines is 1. The molecule has 1 unspecified atom stereocenters. The van der Waals surface area contributed by atoms with Gasteiger partial charge in [0.25, 0.3) is 0 Å². The summed E-state index contributed by atoms with van der Waals surface area (Å²) in [6.07, 6.45) is 2.34. The maximum atomic E-state index is 12.7. The SMILES string of the molecule is NCC(C(=O)Nc1cccc(-c2n[nH]c(C3CC3)n2)c1)c1ccccc1. The third kappa shape index (κ3) is 3.50. The first-order chi connectivity index (χ1) is 12.7. The Kier molecular flexibility index (Phi) is 4.50. The Balaban J connectivity index is 1.51. The van der Waals surface area contributed by atoms with E-state index in [4.69, 9.17) is 5.73 Å². The summed E-state index contributed by atoms with van der Waals surface area (Å²) in [7, 11) is 0. The summed E-state index contributed by atoms with van der Waals surface area (Å²) in [5.74, 6) is 1.62. The lowest BCUT2D eigenvalue weighted by molar-refractivity contribution is -0.117. The molecule has 132 valence electrons. The number of benzene rings is 2. The summed E-state index contributed by atoms with van der Waals surface area (Å²) in [5.41, 5.74) is 8.32. The highest BCUT2D eigenvalue weighted by atomic mass is 16.1. The minimum absolute atomic E-state index is 0.121. The van der Waals surface area contributed by atoms with Crippen LogP contribution in [0.25, 0.3) is 11.4 Å². The number of hydrogen-bond acceptors (Lipinski definition) is 4. The number of rotatable bonds is 6. The van der Waals surface area contributed by atoms with Gasteiger partial charge in [-0.25, -0.2) is 4.98 Å². The van der Waals surface area contributed by atoms with Gasteiger partial charge in [-0.2, -0.15) is 5.10 Å². The fourth-order valence-corrected chi connectivity index (χ4v) is 2.99. The van der Waals surface area contributed by atoms with Gasteiger partial charge in [0, 0.05) is 23.7 Å². The van der Waals surface area contributed by atoms with E-state index in [9.17, 15) is 4.79 Å². The second-order valence-corrected chi connectivity index (χ2v) is 6.59. The van der Waals surface area contributed by atoms with E-state index in [0.29, 0.717) is 17.4 Å². The largest absolute Gasteiger partial charge is 0.329 e. The highest BCUT2D eigenvalue weighted by Crippen LogP contribution is 2.38. The number of hydrogen-bond donors (Lipinski definition) is 3. The predicted octanol–water partition coefficient (Wildman–Crippen LogP) is 3.03. The van der Waals surface area contributed by atoms with Gasteiger partial charge in [0.1, 0.15) is 5.82 Å². The van der Waals surface area contributed by atoms with Crippen molar-refractivity contribution in [1.82, 2.24) is 15.2 Å². The monoisotopic (exact) mass is 347 g/mol. The number of carbonyl (C=O) groups excluding carboxylic acids is 1. The third-order valence-corrected chi connectivity index (χ3v) is 4.61. The topological polar surface area (TPSA) is 96.7 Å². The number of nitrogens with zero attached hydrogens (tertiary/aromatic N) is 2. The maximum absolute atomic E-state index is 12.7. The molecule has 4 N–H and O–H groups in total. The van der Waals surface area contributed by atoms with Crippen LogP contribution in [0.4, 0.5) is 5.69 Å². The highest BCUT2D eigenvalue weighted by Gasteiger charge is 2.27. The second-order valence-electron chi connectivity index (χ2n) is 6.59. The highest BCUT2D eigenvalue weighted by molar-refractivity contribution is 5.96. The summed E-state index contributed by atoms with van der Waals surface area (Å²) >= 11 is 0. The van der Waals surface area contributed by atoms with Crippen LogP contribution < -0.4 is 11.1 Å². The summed E-state index contributed by atoms with van der Waals surface area (Å²) in [6, 6.07) is 17.1. The zero-order valence-corrected chi connectivity index (χ0v) is 14.4. The van der Waals surface area contributed by atoms with E-state index in [2.05, 4.69) is 20.5 Å². The molecule has 1 aliphatic carbocycles. The van der Waals surface area contributed by atoms with Gasteiger partial charge in [-0.3, -0.25) is 9.89 Å². The number of aromatic nitrogens is 3. The average molecular weight is 347 g/mol. The van der Waals surface area contributed by atoms with Crippen LogP contribution in [0.15, 0.2) is 54.6 Å². The first kappa shape index (κ1) is 16.5. The summed E-state index contributed by atoms with van der Waals surface area (Å²) in [6.45, 7) is 0.251. The molecule has 1 aromatic heterocycles. The molecule has 0 saturated heterocycles. The van der Waals surface area contributed by atoms with E-state index in [1.807, 2.05) is 54.6 Å². The molecule has 0 aliphatic heterocycles. The molecule has 1 fully saturated rings. The van der Waals surface area contributed by atoms with Crippen LogP contribution >= 0.6 is 0 Å². The van der Waals surface area contributed by atoms with E-state index in [1.165, 1.54) is 12.8 Å². The number of carbonyl (C=O) groups is 1. The van der Waals surface area contributed by atoms with Crippen molar-refractivity contribution in [2.75, 3.05) is 11.9 Å². The molecular formula is C20H21N5O. The minimum atomic E-state index is -0.384. The van der Waals surface area contributed by atoms with Gasteiger partial charge in [-0.15, -0.1) is 0 Å². The Labute approximate surface area is 151 Å². The Morgan fingerprint density at radius 2 is 2.00 bits per heavy atom. The molecule has 2 aromatic carbocycles. The zero-order valence-electron chi connectivity index (χ0n) is 14.4. The first-order valence-corrected chi connectivity index (χ1v) is 8.83. The van der Waals surface area contributed by atoms with E-state index in [-0.39, 0.29) is 18.4 Å². The van der Waals surface area contributed by atoms with E-state index in [1.54, 1.807) is 0 Å². The number of amides is 1. The molecule has 26 heavy (non-hydrogen) atoms. The average Bonchev–Trinajstić information content (AvgIpc) is 3.40. The van der Waals surface area contributed by atoms with Crippen molar-refractivity contribution < 1.29 is 4.79 Å². The van der Waals surface area contributed by atoms with Crippen molar-refractivity contribution >= 4 is 11.6 Å². The van der Waals surface area contributed by atoms with Gasteiger partial charge in [0.2, 0.25) is 5.91 Å². The maximum Gasteiger partial charge on any atom is 0.233 e. The predicted molar refractivity (Wildman–Crippen MR) is 101 cm³/mol. The van der Waals surface area contributed by atoms with Gasteiger partial charge >= 0.3 is 0 Å². The lowest BCUT2D eigenvalue weighted by Crippen LogP contribution is -2.27. The zero-order chi connectivity index (χ0) is 17.9. The molecule has 1 heterocycles. The smallest absolute Gasteiger partial charge is 0.233 e. The summed E-state index contributed by atoms with van der Waals surface area (Å²) < 4.78 is 0. The van der Waals surface area contributed by atoms with Crippen LogP contribution in [0.2, 0.25) is 0 Å². The molecule has 1 atom stereocenters. The fraction of sp³-hybridized carbons (Fsp3) is 0.250. The van der Waals surface area contributed by atoms with Crippen molar-refractivity contribution in [3.8, 4) is 11.4 Å². The molecule has 3 aromatic rings. The molecular weight excluding hydrogens is 326 g/mol. The second kappa shape index (κ2) is 7.09. The fourth-order valence-electron chi connectivity index (χ4n) is 2.99. The lowest BCUT2D eigenvalue weighted by Gasteiger charge is -2.15. The van der Waals surface area contributed by atoms with Crippen LogP contribution in [-0.2, 0) is 4.79 Å². The van der Waals surface area contributed by atoms with Crippen molar-refractivity contribution in [2.45, 2.75) is 24.7 Å². The van der Waals surface area contributed by atoms with Crippen molar-refractivity contribution in [2.24, 2.45) is 5.73 Å². The van der Waals surface area contributed by atoms with Gasteiger partial charge in [0.05, 0.1) is 5.92 Å². The standard InChI is InChI=1S/C20H21N5O/c21-12-17(13-5-2-1-3-6-13)20(26)22-16-8-4-7-15(11-16)19-23-18(24-25-19)14-9-10-14/h1-8,11,14,17H,9-10,12,21H2,(H,22,26)(H,23,24,25). The Morgan fingerprint density at radius 1 is 1.19 bits per heavy atom. The Bertz CT molecular complexity index is 901. The molecule has 0 radical (unpaired) electrons. The molecule has 0 bridgehead atoms. The van der Waals surface area contributed by atoms with E-state index < -0.39 is 0 Å². The van der Waals surface area contributed by atoms with Gasteiger partial charge in [-0.05, 0) is 30.5 Å². The Hall–Kier alpha value is -2.99. The number of nitrogens with two attached hydrogens (primary N) is 1. The molecule has 1 saturated carbocycles. The van der Waals surface area contributed by atoms with Crippen LogP contribution in [0.5, 0.6) is 0 Å². The van der Waals surface area contributed by atoms with Gasteiger partial charge in [0.15, 0.2) is 5.82 Å². The normalized spacial score (nSPS) is 14.8. The number of nitrogens with one attached hydrogen (secondary N) is 2. The quantitative estimate of drug-likeness (QED) is 0.638. The van der Waals surface area contributed by atoms with E-state index in [0.717, 1.165) is 17.0 Å². The molecule has 0 spiro atoms. The molecule has 1 aliphatic rings. The molecule has 1 amide bonds. The molecule has 6 nitrogen and oxygen atoms in total. The van der Waals surface area contributed by atoms with Crippen LogP contribution in [0.3, 0.4) is 0 Å². The van der Waals surface area contributed by atoms with Crippen molar-refractivity contribution in [3.05, 3.63) is 66.0 Å². The van der Waals surface area contributed by atoms with Gasteiger partial charge in [-0.1, -0.05) is 42.5 Å². The number of aromatic amines is 1. The van der Waals surface area contributed by atoms with E-state index >= 15 is 0 Å². The van der Waals surface area contributed by atoms with Crippen molar-refractivity contribution in [3.63, 3.8) is 0 Å². The number of H-pyrrole nitrogens is 1. The van der Waals surface area contributed by atoms with Crippen molar-refractivity contribution in [1.29, 1.82) is 0 Å². The minimum Gasteiger partial charge on any atom is -0.329 e. The summed E-state index contributed by atoms with van der Waals surface area (Å²) in [4.78, 5) is 17.2. The third-order valence-electron chi connectivity index (χ3n) is 4.61. The molecule has 4 rings (SSSR count). The summed E-state index contributed by atoms with van der Waals surface area (Å²) in [5, 5.41) is 10.3. The Morgan fingerprint density at radius 3 is 2.73 bits per heavy atom. The van der Waals surface area contributed by atoms with Crippen LogP contribution in [-0.4, -0.2) is 27.6 Å². The molecule has 6 heteroatoms. The lowest BCUT2D eigenvalue weighted by atomic mass is 9.98. The first-order valence-electron chi connectivity index (χ1n) is 8.83. The van der Waals surface area contributed by atoms with Crippen LogP contribution in [0, 0.1) is 0 Å².